The Morgan fingerprint density at radius 1 is 1.08 bits per heavy atom. The Morgan fingerprint density at radius 3 is 2.85 bits per heavy atom. The van der Waals surface area contributed by atoms with Gasteiger partial charge in [-0.05, 0) is 24.3 Å². The molecule has 6 heterocycles. The molecule has 0 unspecified atom stereocenters. The normalized spacial score (nSPS) is 20.9. The summed E-state index contributed by atoms with van der Waals surface area (Å²) in [5, 5.41) is 8.11. The van der Waals surface area contributed by atoms with Crippen molar-refractivity contribution in [2.24, 2.45) is 5.92 Å². The molecule has 2 saturated heterocycles. The van der Waals surface area contributed by atoms with Crippen molar-refractivity contribution >= 4 is 45.4 Å². The monoisotopic (exact) mass is 532 g/mol. The van der Waals surface area contributed by atoms with E-state index in [0.717, 1.165) is 10.9 Å². The molecule has 0 saturated carbocycles. The van der Waals surface area contributed by atoms with E-state index in [-0.39, 0.29) is 41.4 Å². The number of methoxy groups -OCH3 is 1. The third-order valence-electron chi connectivity index (χ3n) is 7.53. The number of pyridine rings is 2. The second kappa shape index (κ2) is 8.98. The number of aromatic nitrogens is 3. The van der Waals surface area contributed by atoms with Crippen LogP contribution in [0.5, 0.6) is 11.5 Å². The van der Waals surface area contributed by atoms with Gasteiger partial charge in [0.05, 0.1) is 18.0 Å². The number of benzene rings is 1. The molecule has 0 spiro atoms. The fraction of sp³-hybridized carbons (Fsp3) is 0.346. The zero-order chi connectivity index (χ0) is 26.7. The molecule has 2 fully saturated rings. The van der Waals surface area contributed by atoms with E-state index in [9.17, 15) is 14.4 Å². The van der Waals surface area contributed by atoms with Gasteiger partial charge in [0.1, 0.15) is 23.9 Å². The molecule has 3 aliphatic rings. The molecule has 200 valence electrons. The average molecular weight is 533 g/mol. The Kier molecular flexibility index (Phi) is 5.40. The number of carbonyl (C=O) groups excluding carboxylic acids is 2. The van der Waals surface area contributed by atoms with Crippen molar-refractivity contribution in [1.82, 2.24) is 19.6 Å². The third kappa shape index (κ3) is 3.93. The molecule has 13 heteroatoms. The Labute approximate surface area is 220 Å². The van der Waals surface area contributed by atoms with Crippen LogP contribution in [0.25, 0.3) is 21.8 Å². The molecule has 1 aromatic carbocycles. The summed E-state index contributed by atoms with van der Waals surface area (Å²) in [6.07, 6.45) is 0.736. The number of likely N-dealkylation sites (tertiary alicyclic amines) is 1. The lowest BCUT2D eigenvalue weighted by molar-refractivity contribution is -0.118. The van der Waals surface area contributed by atoms with Crippen LogP contribution in [0.2, 0.25) is 0 Å². The van der Waals surface area contributed by atoms with E-state index in [1.807, 2.05) is 18.2 Å². The summed E-state index contributed by atoms with van der Waals surface area (Å²) in [7, 11) is 1.58. The molecule has 3 aromatic heterocycles. The molecule has 0 bridgehead atoms. The predicted molar refractivity (Wildman–Crippen MR) is 138 cm³/mol. The first-order valence-corrected chi connectivity index (χ1v) is 12.6. The first-order chi connectivity index (χ1) is 19.0. The number of carbonyl (C=O) groups is 2. The van der Waals surface area contributed by atoms with Gasteiger partial charge < -0.3 is 28.6 Å². The molecule has 1 N–H and O–H groups in total. The van der Waals surface area contributed by atoms with Gasteiger partial charge in [-0.2, -0.15) is 0 Å². The van der Waals surface area contributed by atoms with Gasteiger partial charge in [0.15, 0.2) is 23.7 Å². The molecule has 13 nitrogen and oxygen atoms in total. The zero-order valence-corrected chi connectivity index (χ0v) is 21.0. The molecule has 7 rings (SSSR count). The van der Waals surface area contributed by atoms with Crippen LogP contribution >= 0.6 is 0 Å². The molecule has 2 amide bonds. The summed E-state index contributed by atoms with van der Waals surface area (Å²) in [5.41, 5.74) is 0.786. The van der Waals surface area contributed by atoms with Crippen LogP contribution in [0.1, 0.15) is 0 Å². The number of nitrogens with zero attached hydrogens (tertiary/aromatic N) is 5. The predicted octanol–water partition coefficient (Wildman–Crippen LogP) is 1.83. The van der Waals surface area contributed by atoms with E-state index in [0.29, 0.717) is 55.4 Å². The molecular weight excluding hydrogens is 508 g/mol. The van der Waals surface area contributed by atoms with Gasteiger partial charge in [0, 0.05) is 50.1 Å². The van der Waals surface area contributed by atoms with Crippen LogP contribution in [0.3, 0.4) is 0 Å². The molecule has 3 aliphatic heterocycles. The Morgan fingerprint density at radius 2 is 1.97 bits per heavy atom. The number of fused-ring (bicyclic) bond motifs is 5. The average Bonchev–Trinajstić information content (AvgIpc) is 3.59. The van der Waals surface area contributed by atoms with E-state index in [1.165, 1.54) is 11.2 Å². The second-order valence-corrected chi connectivity index (χ2v) is 9.82. The Bertz CT molecular complexity index is 1700. The van der Waals surface area contributed by atoms with E-state index in [1.54, 1.807) is 23.8 Å². The van der Waals surface area contributed by atoms with Gasteiger partial charge in [-0.25, -0.2) is 9.78 Å². The highest BCUT2D eigenvalue weighted by Gasteiger charge is 2.43. The lowest BCUT2D eigenvalue weighted by Gasteiger charge is -2.33. The SMILES string of the molecule is COc1ccc2c3conc3c(=O)n(CCN3C[C@H]4CN(c5ccc6c(n5)NC(=O)CO6)C(=O)O[C@H]4C3)c2c1. The molecule has 39 heavy (non-hydrogen) atoms. The highest BCUT2D eigenvalue weighted by molar-refractivity contribution is 6.04. The number of anilines is 2. The standard InChI is InChI=1S/C26H24N6O7/c1-36-15-2-3-16-17-12-38-29-23(17)25(34)31(18(16)8-15)7-6-30-9-14-10-32(26(35)39-20(14)11-30)21-5-4-19-24(27-21)28-22(33)13-37-19/h2-5,8,12,14,20H,6-7,9-11,13H2,1H3,(H,27,28,33)/t14-,20-/m0/s1. The maximum Gasteiger partial charge on any atom is 0.415 e. The Hall–Kier alpha value is -4.65. The van der Waals surface area contributed by atoms with Gasteiger partial charge in [0.2, 0.25) is 0 Å². The van der Waals surface area contributed by atoms with Crippen LogP contribution in [0.15, 0.2) is 45.9 Å². The van der Waals surface area contributed by atoms with E-state index >= 15 is 0 Å². The third-order valence-corrected chi connectivity index (χ3v) is 7.53. The molecular formula is C26H24N6O7. The second-order valence-electron chi connectivity index (χ2n) is 9.82. The first-order valence-electron chi connectivity index (χ1n) is 12.6. The summed E-state index contributed by atoms with van der Waals surface area (Å²) >= 11 is 0. The zero-order valence-electron chi connectivity index (χ0n) is 21.0. The first kappa shape index (κ1) is 23.5. The summed E-state index contributed by atoms with van der Waals surface area (Å²) in [4.78, 5) is 45.9. The van der Waals surface area contributed by atoms with Gasteiger partial charge in [0.25, 0.3) is 11.5 Å². The molecule has 2 atom stereocenters. The van der Waals surface area contributed by atoms with Crippen molar-refractivity contribution in [3.63, 3.8) is 0 Å². The fourth-order valence-electron chi connectivity index (χ4n) is 5.58. The number of nitrogens with one attached hydrogen (secondary N) is 1. The molecule has 4 aromatic rings. The summed E-state index contributed by atoms with van der Waals surface area (Å²) in [5.74, 6) is 1.52. The quantitative estimate of drug-likeness (QED) is 0.405. The Balaban J connectivity index is 1.10. The largest absolute Gasteiger partial charge is 0.497 e. The van der Waals surface area contributed by atoms with Crippen LogP contribution in [0, 0.1) is 5.92 Å². The minimum atomic E-state index is -0.487. The fourth-order valence-corrected chi connectivity index (χ4v) is 5.58. The van der Waals surface area contributed by atoms with Crippen molar-refractivity contribution in [3.05, 3.63) is 46.9 Å². The lowest BCUT2D eigenvalue weighted by Crippen LogP contribution is -2.48. The number of ether oxygens (including phenoxy) is 3. The van der Waals surface area contributed by atoms with Crippen molar-refractivity contribution in [1.29, 1.82) is 0 Å². The van der Waals surface area contributed by atoms with Gasteiger partial charge in [-0.15, -0.1) is 0 Å². The van der Waals surface area contributed by atoms with Crippen LogP contribution in [0.4, 0.5) is 16.4 Å². The summed E-state index contributed by atoms with van der Waals surface area (Å²) in [6.45, 7) is 2.58. The minimum Gasteiger partial charge on any atom is -0.497 e. The summed E-state index contributed by atoms with van der Waals surface area (Å²) in [6, 6.07) is 8.93. The van der Waals surface area contributed by atoms with Crippen molar-refractivity contribution in [3.8, 4) is 11.5 Å². The maximum absolute atomic E-state index is 13.3. The van der Waals surface area contributed by atoms with E-state index in [4.69, 9.17) is 18.7 Å². The van der Waals surface area contributed by atoms with Crippen molar-refractivity contribution in [2.45, 2.75) is 12.6 Å². The number of amides is 2. The molecule has 0 radical (unpaired) electrons. The van der Waals surface area contributed by atoms with Crippen LogP contribution in [-0.4, -0.2) is 77.6 Å². The van der Waals surface area contributed by atoms with Crippen LogP contribution < -0.4 is 25.2 Å². The topological polar surface area (TPSA) is 141 Å². The van der Waals surface area contributed by atoms with Crippen molar-refractivity contribution in [2.75, 3.05) is 50.1 Å². The maximum atomic E-state index is 13.3. The van der Waals surface area contributed by atoms with Crippen molar-refractivity contribution < 1.29 is 28.3 Å². The van der Waals surface area contributed by atoms with Gasteiger partial charge >= 0.3 is 6.09 Å². The minimum absolute atomic E-state index is 0.0537. The number of rotatable bonds is 5. The highest BCUT2D eigenvalue weighted by Crippen LogP contribution is 2.33. The van der Waals surface area contributed by atoms with Gasteiger partial charge in [-0.3, -0.25) is 19.4 Å². The van der Waals surface area contributed by atoms with E-state index < -0.39 is 6.09 Å². The van der Waals surface area contributed by atoms with Crippen LogP contribution in [-0.2, 0) is 16.1 Å². The van der Waals surface area contributed by atoms with E-state index in [2.05, 4.69) is 20.4 Å². The number of hydrogen-bond donors (Lipinski definition) is 1. The number of hydrogen-bond acceptors (Lipinski definition) is 10. The summed E-state index contributed by atoms with van der Waals surface area (Å²) < 4.78 is 23.3. The lowest BCUT2D eigenvalue weighted by atomic mass is 10.0. The smallest absolute Gasteiger partial charge is 0.415 e. The highest BCUT2D eigenvalue weighted by atomic mass is 16.6. The molecule has 0 aliphatic carbocycles. The van der Waals surface area contributed by atoms with Gasteiger partial charge in [-0.1, -0.05) is 5.16 Å².